The molecule has 0 unspecified atom stereocenters. The van der Waals surface area contributed by atoms with Gasteiger partial charge < -0.3 is 4.74 Å². The summed E-state index contributed by atoms with van der Waals surface area (Å²) < 4.78 is 5.07. The van der Waals surface area contributed by atoms with Crippen LogP contribution in [-0.2, 0) is 0 Å². The molecule has 4 heteroatoms. The molecule has 1 aromatic carbocycles. The lowest BCUT2D eigenvalue weighted by atomic mass is 10.1. The molecule has 0 radical (unpaired) electrons. The first-order valence-corrected chi connectivity index (χ1v) is 11.9. The molecule has 1 aromatic rings. The molecule has 0 heterocycles. The average Bonchev–Trinajstić information content (AvgIpc) is 2.72. The number of benzene rings is 1. The van der Waals surface area contributed by atoms with Crippen molar-refractivity contribution in [2.24, 2.45) is 0 Å². The third-order valence-corrected chi connectivity index (χ3v) is 7.01. The Hall–Kier alpha value is -1.83. The number of allylic oxidation sites excluding steroid dienone is 1. The summed E-state index contributed by atoms with van der Waals surface area (Å²) in [5.74, 6) is 0.649. The fourth-order valence-corrected chi connectivity index (χ4v) is 5.47. The van der Waals surface area contributed by atoms with Gasteiger partial charge in [0.1, 0.15) is 23.5 Å². The van der Waals surface area contributed by atoms with Gasteiger partial charge in [-0.25, -0.2) is 0 Å². The van der Waals surface area contributed by atoms with E-state index in [4.69, 9.17) is 15.3 Å². The van der Waals surface area contributed by atoms with Gasteiger partial charge in [-0.15, -0.1) is 7.92 Å². The van der Waals surface area contributed by atoms with Gasteiger partial charge in [-0.2, -0.15) is 10.5 Å². The molecule has 0 spiro atoms. The SMILES string of the molecule is CCCCP(CCCC)CCCC.COc1ccccc1C=C(C#N)C#N. The second-order valence-corrected chi connectivity index (χ2v) is 9.11. The van der Waals surface area contributed by atoms with Crippen molar-refractivity contribution in [2.75, 3.05) is 25.6 Å². The van der Waals surface area contributed by atoms with Crippen LogP contribution < -0.4 is 4.74 Å². The minimum absolute atomic E-state index is 0.0644. The highest BCUT2D eigenvalue weighted by atomic mass is 31.1. The molecule has 3 nitrogen and oxygen atoms in total. The Morgan fingerprint density at radius 2 is 1.41 bits per heavy atom. The molecule has 0 aliphatic rings. The monoisotopic (exact) mass is 386 g/mol. The van der Waals surface area contributed by atoms with Crippen molar-refractivity contribution in [3.63, 3.8) is 0 Å². The summed E-state index contributed by atoms with van der Waals surface area (Å²) in [6.45, 7) is 6.94. The molecule has 0 aromatic heterocycles. The van der Waals surface area contributed by atoms with Crippen LogP contribution in [0.2, 0.25) is 0 Å². The lowest BCUT2D eigenvalue weighted by Gasteiger charge is -2.16. The van der Waals surface area contributed by atoms with Crippen molar-refractivity contribution in [2.45, 2.75) is 59.3 Å². The van der Waals surface area contributed by atoms with Gasteiger partial charge in [-0.3, -0.25) is 0 Å². The van der Waals surface area contributed by atoms with Gasteiger partial charge in [0.2, 0.25) is 0 Å². The Labute approximate surface area is 167 Å². The normalized spacial score (nSPS) is 9.59. The molecular weight excluding hydrogens is 351 g/mol. The lowest BCUT2D eigenvalue weighted by molar-refractivity contribution is 0.414. The smallest absolute Gasteiger partial charge is 0.130 e. The number of rotatable bonds is 11. The molecule has 148 valence electrons. The van der Waals surface area contributed by atoms with E-state index in [1.807, 2.05) is 12.1 Å². The largest absolute Gasteiger partial charge is 0.496 e. The molecule has 0 saturated heterocycles. The van der Waals surface area contributed by atoms with Crippen molar-refractivity contribution in [3.8, 4) is 17.9 Å². The van der Waals surface area contributed by atoms with Gasteiger partial charge in [-0.1, -0.05) is 58.2 Å². The summed E-state index contributed by atoms with van der Waals surface area (Å²) in [6.07, 6.45) is 14.7. The van der Waals surface area contributed by atoms with Gasteiger partial charge in [0.25, 0.3) is 0 Å². The van der Waals surface area contributed by atoms with Crippen molar-refractivity contribution < 1.29 is 4.74 Å². The van der Waals surface area contributed by atoms with E-state index in [1.165, 1.54) is 44.6 Å². The predicted molar refractivity (Wildman–Crippen MR) is 118 cm³/mol. The molecule has 0 aliphatic heterocycles. The van der Waals surface area contributed by atoms with E-state index in [-0.39, 0.29) is 5.57 Å². The Kier molecular flexibility index (Phi) is 16.4. The maximum Gasteiger partial charge on any atom is 0.130 e. The number of methoxy groups -OCH3 is 1. The first kappa shape index (κ1) is 25.2. The molecule has 0 N–H and O–H groups in total. The number of hydrogen-bond acceptors (Lipinski definition) is 3. The number of ether oxygens (including phenoxy) is 1. The standard InChI is InChI=1S/C12H27P.C11H8N2O/c1-4-7-10-13(11-8-5-2)12-9-6-3;1-14-11-5-3-2-4-10(11)6-9(7-12)8-13/h4-12H2,1-3H3;2-6H,1H3. The molecule has 0 aliphatic carbocycles. The third-order valence-electron chi connectivity index (χ3n) is 4.16. The Balaban J connectivity index is 0.000000503. The highest BCUT2D eigenvalue weighted by molar-refractivity contribution is 7.57. The van der Waals surface area contributed by atoms with Crippen LogP contribution >= 0.6 is 7.92 Å². The summed E-state index contributed by atoms with van der Waals surface area (Å²) in [5.41, 5.74) is 0.794. The minimum atomic E-state index is 0.0644. The Morgan fingerprint density at radius 1 is 0.926 bits per heavy atom. The topological polar surface area (TPSA) is 56.8 Å². The zero-order valence-corrected chi connectivity index (χ0v) is 18.4. The van der Waals surface area contributed by atoms with Crippen molar-refractivity contribution in [3.05, 3.63) is 35.4 Å². The Bertz CT molecular complexity index is 579. The van der Waals surface area contributed by atoms with Gasteiger partial charge in [0.05, 0.1) is 7.11 Å². The molecular formula is C23H35N2OP. The summed E-state index contributed by atoms with van der Waals surface area (Å²) >= 11 is 0. The molecule has 27 heavy (non-hydrogen) atoms. The van der Waals surface area contributed by atoms with E-state index >= 15 is 0 Å². The molecule has 0 atom stereocenters. The van der Waals surface area contributed by atoms with Crippen molar-refractivity contribution in [1.29, 1.82) is 10.5 Å². The summed E-state index contributed by atoms with van der Waals surface area (Å²) in [4.78, 5) is 0. The van der Waals surface area contributed by atoms with E-state index in [2.05, 4.69) is 20.8 Å². The second-order valence-electron chi connectivity index (χ2n) is 6.43. The second kappa shape index (κ2) is 17.6. The number of unbranched alkanes of at least 4 members (excludes halogenated alkanes) is 3. The number of nitriles is 2. The Morgan fingerprint density at radius 3 is 1.81 bits per heavy atom. The minimum Gasteiger partial charge on any atom is -0.496 e. The van der Waals surface area contributed by atoms with E-state index in [1.54, 1.807) is 49.9 Å². The number of nitrogens with zero attached hydrogens (tertiary/aromatic N) is 2. The van der Waals surface area contributed by atoms with Crippen LogP contribution in [0.5, 0.6) is 5.75 Å². The van der Waals surface area contributed by atoms with Crippen LogP contribution in [0, 0.1) is 22.7 Å². The fraction of sp³-hybridized carbons (Fsp3) is 0.565. The zero-order chi connectivity index (χ0) is 20.3. The van der Waals surface area contributed by atoms with Crippen LogP contribution in [0.25, 0.3) is 6.08 Å². The highest BCUT2D eigenvalue weighted by Crippen LogP contribution is 2.38. The van der Waals surface area contributed by atoms with Gasteiger partial charge in [0, 0.05) is 5.56 Å². The summed E-state index contributed by atoms with van der Waals surface area (Å²) in [5, 5.41) is 17.1. The van der Waals surface area contributed by atoms with Gasteiger partial charge in [-0.05, 0) is 49.9 Å². The first-order chi connectivity index (χ1) is 13.2. The zero-order valence-electron chi connectivity index (χ0n) is 17.5. The van der Waals surface area contributed by atoms with Crippen LogP contribution in [0.4, 0.5) is 0 Å². The van der Waals surface area contributed by atoms with E-state index in [0.717, 1.165) is 5.56 Å². The third kappa shape index (κ3) is 12.2. The van der Waals surface area contributed by atoms with E-state index in [0.29, 0.717) is 13.7 Å². The number of hydrogen-bond donors (Lipinski definition) is 0. The summed E-state index contributed by atoms with van der Waals surface area (Å²) in [7, 11) is 1.97. The van der Waals surface area contributed by atoms with Crippen LogP contribution in [-0.4, -0.2) is 25.6 Å². The van der Waals surface area contributed by atoms with E-state index < -0.39 is 0 Å². The molecule has 0 bridgehead atoms. The maximum atomic E-state index is 8.57. The van der Waals surface area contributed by atoms with Gasteiger partial charge >= 0.3 is 0 Å². The van der Waals surface area contributed by atoms with Crippen molar-refractivity contribution >= 4 is 14.0 Å². The summed E-state index contributed by atoms with van der Waals surface area (Å²) in [6, 6.07) is 10.8. The number of para-hydroxylation sites is 1. The fourth-order valence-electron chi connectivity index (χ4n) is 2.51. The lowest BCUT2D eigenvalue weighted by Crippen LogP contribution is -1.95. The predicted octanol–water partition coefficient (Wildman–Crippen LogP) is 6.99. The van der Waals surface area contributed by atoms with Gasteiger partial charge in [0.15, 0.2) is 0 Å². The quantitative estimate of drug-likeness (QED) is 0.304. The maximum absolute atomic E-state index is 8.57. The van der Waals surface area contributed by atoms with Crippen LogP contribution in [0.15, 0.2) is 29.8 Å². The highest BCUT2D eigenvalue weighted by Gasteiger charge is 2.05. The van der Waals surface area contributed by atoms with Crippen LogP contribution in [0.3, 0.4) is 0 Å². The molecule has 1 rings (SSSR count). The molecule has 0 saturated carbocycles. The van der Waals surface area contributed by atoms with Crippen LogP contribution in [0.1, 0.15) is 64.9 Å². The van der Waals surface area contributed by atoms with Crippen molar-refractivity contribution in [1.82, 2.24) is 0 Å². The average molecular weight is 387 g/mol. The first-order valence-electron chi connectivity index (χ1n) is 10.0. The molecule has 0 amide bonds. The molecule has 0 fully saturated rings. The van der Waals surface area contributed by atoms with E-state index in [9.17, 15) is 0 Å².